The van der Waals surface area contributed by atoms with Gasteiger partial charge in [0, 0.05) is 38.8 Å². The molecule has 1 aliphatic rings. The first-order valence-electron chi connectivity index (χ1n) is 9.47. The van der Waals surface area contributed by atoms with E-state index in [1.54, 1.807) is 0 Å². The van der Waals surface area contributed by atoms with E-state index >= 15 is 0 Å². The van der Waals surface area contributed by atoms with Gasteiger partial charge in [0.05, 0.1) is 16.5 Å². The first kappa shape index (κ1) is 20.5. The molecule has 0 spiro atoms. The average Bonchev–Trinajstić information content (AvgIpc) is 2.72. The fraction of sp³-hybridized carbons (Fsp3) is 0.381. The molecule has 0 unspecified atom stereocenters. The second-order valence-electron chi connectivity index (χ2n) is 7.11. The summed E-state index contributed by atoms with van der Waals surface area (Å²) in [6.45, 7) is 4.18. The van der Waals surface area contributed by atoms with Crippen LogP contribution in [0, 0.1) is 11.3 Å². The Morgan fingerprint density at radius 2 is 1.82 bits per heavy atom. The van der Waals surface area contributed by atoms with Crippen molar-refractivity contribution in [3.05, 3.63) is 65.7 Å². The highest BCUT2D eigenvalue weighted by Crippen LogP contribution is 2.24. The van der Waals surface area contributed by atoms with Gasteiger partial charge in [0.2, 0.25) is 10.0 Å². The first-order valence-corrected chi connectivity index (χ1v) is 11.0. The van der Waals surface area contributed by atoms with Gasteiger partial charge in [0.15, 0.2) is 0 Å². The van der Waals surface area contributed by atoms with Crippen LogP contribution in [0.1, 0.15) is 23.6 Å². The van der Waals surface area contributed by atoms with Gasteiger partial charge in [-0.25, -0.2) is 13.1 Å². The lowest BCUT2D eigenvalue weighted by atomic mass is 10.0. The van der Waals surface area contributed by atoms with Gasteiger partial charge < -0.3 is 4.90 Å². The number of likely N-dealkylation sites (N-methyl/N-ethyl adjacent to an activating group) is 1. The Hall–Kier alpha value is -2.24. The lowest BCUT2D eigenvalue weighted by Gasteiger charge is -2.40. The summed E-state index contributed by atoms with van der Waals surface area (Å²) in [6.07, 6.45) is 0.739. The molecule has 3 rings (SSSR count). The lowest BCUT2D eigenvalue weighted by Crippen LogP contribution is -2.47. The molecule has 1 aliphatic heterocycles. The molecule has 0 aromatic heterocycles. The molecule has 0 bridgehead atoms. The predicted octanol–water partition coefficient (Wildman–Crippen LogP) is 2.22. The number of nitriles is 1. The third-order valence-electron chi connectivity index (χ3n) is 5.09. The number of rotatable bonds is 7. The first-order chi connectivity index (χ1) is 13.5. The Balaban J connectivity index is 1.55. The fourth-order valence-corrected chi connectivity index (χ4v) is 4.57. The summed E-state index contributed by atoms with van der Waals surface area (Å²) in [4.78, 5) is 4.96. The summed E-state index contributed by atoms with van der Waals surface area (Å²) in [5.41, 5.74) is 1.74. The second-order valence-corrected chi connectivity index (χ2v) is 8.88. The molecule has 7 heteroatoms. The zero-order valence-electron chi connectivity index (χ0n) is 16.1. The lowest BCUT2D eigenvalue weighted by molar-refractivity contribution is 0.0892. The molecule has 1 heterocycles. The molecule has 28 heavy (non-hydrogen) atoms. The van der Waals surface area contributed by atoms with Crippen molar-refractivity contribution in [2.75, 3.05) is 39.8 Å². The zero-order chi connectivity index (χ0) is 20.0. The van der Waals surface area contributed by atoms with Crippen LogP contribution in [-0.4, -0.2) is 58.0 Å². The molecule has 0 aliphatic carbocycles. The Bertz CT molecular complexity index is 908. The Morgan fingerprint density at radius 1 is 1.11 bits per heavy atom. The Kier molecular flexibility index (Phi) is 6.81. The van der Waals surface area contributed by atoms with E-state index in [1.807, 2.05) is 12.1 Å². The van der Waals surface area contributed by atoms with Gasteiger partial charge in [-0.1, -0.05) is 30.3 Å². The maximum Gasteiger partial charge on any atom is 0.240 e. The van der Waals surface area contributed by atoms with Crippen LogP contribution in [0.2, 0.25) is 0 Å². The molecular formula is C21H26N4O2S. The maximum atomic E-state index is 12.4. The van der Waals surface area contributed by atoms with Gasteiger partial charge in [0.1, 0.15) is 0 Å². The molecule has 1 saturated heterocycles. The summed E-state index contributed by atoms with van der Waals surface area (Å²) in [6, 6.07) is 18.8. The largest absolute Gasteiger partial charge is 0.303 e. The highest BCUT2D eigenvalue weighted by Gasteiger charge is 2.26. The SMILES string of the molecule is CN1CCN(CCCNS(=O)(=O)c2ccc(C#N)cc2)[C@H](c2ccccc2)C1. The summed E-state index contributed by atoms with van der Waals surface area (Å²) >= 11 is 0. The van der Waals surface area contributed by atoms with E-state index in [1.165, 1.54) is 29.8 Å². The molecule has 1 N–H and O–H groups in total. The van der Waals surface area contributed by atoms with Crippen LogP contribution in [0.3, 0.4) is 0 Å². The summed E-state index contributed by atoms with van der Waals surface area (Å²) in [7, 11) is -1.41. The third-order valence-corrected chi connectivity index (χ3v) is 6.56. The molecule has 1 atom stereocenters. The van der Waals surface area contributed by atoms with Gasteiger partial charge in [-0.15, -0.1) is 0 Å². The quantitative estimate of drug-likeness (QED) is 0.724. The van der Waals surface area contributed by atoms with Crippen LogP contribution in [0.5, 0.6) is 0 Å². The van der Waals surface area contributed by atoms with E-state index in [2.05, 4.69) is 45.8 Å². The number of piperazine rings is 1. The third kappa shape index (κ3) is 5.18. The predicted molar refractivity (Wildman–Crippen MR) is 109 cm³/mol. The molecule has 2 aromatic carbocycles. The van der Waals surface area contributed by atoms with E-state index in [-0.39, 0.29) is 4.90 Å². The van der Waals surface area contributed by atoms with Gasteiger partial charge in [-0.3, -0.25) is 4.90 Å². The number of hydrogen-bond donors (Lipinski definition) is 1. The number of sulfonamides is 1. The number of nitrogens with one attached hydrogen (secondary N) is 1. The molecule has 6 nitrogen and oxygen atoms in total. The Labute approximate surface area is 167 Å². The summed E-state index contributed by atoms with van der Waals surface area (Å²) in [5.74, 6) is 0. The number of nitrogens with zero attached hydrogens (tertiary/aromatic N) is 3. The van der Waals surface area contributed by atoms with Crippen molar-refractivity contribution in [3.63, 3.8) is 0 Å². The second kappa shape index (κ2) is 9.30. The van der Waals surface area contributed by atoms with Crippen molar-refractivity contribution in [2.45, 2.75) is 17.4 Å². The van der Waals surface area contributed by atoms with Crippen molar-refractivity contribution in [2.24, 2.45) is 0 Å². The highest BCUT2D eigenvalue weighted by molar-refractivity contribution is 7.89. The zero-order valence-corrected chi connectivity index (χ0v) is 16.9. The fourth-order valence-electron chi connectivity index (χ4n) is 3.50. The van der Waals surface area contributed by atoms with Crippen LogP contribution >= 0.6 is 0 Å². The van der Waals surface area contributed by atoms with Crippen molar-refractivity contribution in [3.8, 4) is 6.07 Å². The molecule has 0 saturated carbocycles. The summed E-state index contributed by atoms with van der Waals surface area (Å²) in [5, 5.41) is 8.83. The maximum absolute atomic E-state index is 12.4. The van der Waals surface area contributed by atoms with E-state index in [0.717, 1.165) is 32.6 Å². The Morgan fingerprint density at radius 3 is 2.50 bits per heavy atom. The minimum atomic E-state index is -3.55. The van der Waals surface area contributed by atoms with Crippen molar-refractivity contribution in [1.82, 2.24) is 14.5 Å². The van der Waals surface area contributed by atoms with Crippen LogP contribution < -0.4 is 4.72 Å². The van der Waals surface area contributed by atoms with Gasteiger partial charge in [-0.05, 0) is 43.3 Å². The molecular weight excluding hydrogens is 372 g/mol. The summed E-state index contributed by atoms with van der Waals surface area (Å²) < 4.78 is 27.5. The molecule has 1 fully saturated rings. The number of hydrogen-bond acceptors (Lipinski definition) is 5. The van der Waals surface area contributed by atoms with Crippen LogP contribution in [0.4, 0.5) is 0 Å². The van der Waals surface area contributed by atoms with E-state index in [0.29, 0.717) is 18.2 Å². The topological polar surface area (TPSA) is 76.4 Å². The van der Waals surface area contributed by atoms with Gasteiger partial charge in [-0.2, -0.15) is 5.26 Å². The van der Waals surface area contributed by atoms with Crippen molar-refractivity contribution < 1.29 is 8.42 Å². The van der Waals surface area contributed by atoms with Gasteiger partial charge >= 0.3 is 0 Å². The van der Waals surface area contributed by atoms with Crippen LogP contribution in [-0.2, 0) is 10.0 Å². The standard InChI is InChI=1S/C21H26N4O2S/c1-24-14-15-25(21(17-24)19-6-3-2-4-7-19)13-5-12-23-28(26,27)20-10-8-18(16-22)9-11-20/h2-4,6-11,21,23H,5,12-15,17H2,1H3/t21-/m0/s1. The number of benzene rings is 2. The minimum absolute atomic E-state index is 0.188. The smallest absolute Gasteiger partial charge is 0.240 e. The van der Waals surface area contributed by atoms with Gasteiger partial charge in [0.25, 0.3) is 0 Å². The monoisotopic (exact) mass is 398 g/mol. The van der Waals surface area contributed by atoms with Crippen LogP contribution in [0.25, 0.3) is 0 Å². The van der Waals surface area contributed by atoms with E-state index in [4.69, 9.17) is 5.26 Å². The van der Waals surface area contributed by atoms with Crippen molar-refractivity contribution >= 4 is 10.0 Å². The average molecular weight is 399 g/mol. The van der Waals surface area contributed by atoms with E-state index < -0.39 is 10.0 Å². The molecule has 0 radical (unpaired) electrons. The van der Waals surface area contributed by atoms with E-state index in [9.17, 15) is 8.42 Å². The van der Waals surface area contributed by atoms with Crippen LogP contribution in [0.15, 0.2) is 59.5 Å². The normalized spacial score (nSPS) is 18.6. The molecule has 0 amide bonds. The minimum Gasteiger partial charge on any atom is -0.303 e. The molecule has 2 aromatic rings. The highest BCUT2D eigenvalue weighted by atomic mass is 32.2. The van der Waals surface area contributed by atoms with Crippen molar-refractivity contribution in [1.29, 1.82) is 5.26 Å². The molecule has 148 valence electrons.